The van der Waals surface area contributed by atoms with Crippen molar-refractivity contribution in [2.24, 2.45) is 0 Å². The standard InChI is InChI=1S/C14H9Cl2F3/c1-8-2-3-10(14(17,18)19)6-13(8)9-4-11(15)7-12(16)5-9/h2-7H,1H3. The van der Waals surface area contributed by atoms with Gasteiger partial charge in [0.1, 0.15) is 0 Å². The van der Waals surface area contributed by atoms with Crippen molar-refractivity contribution >= 4 is 23.2 Å². The van der Waals surface area contributed by atoms with E-state index in [0.29, 0.717) is 21.2 Å². The van der Waals surface area contributed by atoms with Crippen molar-refractivity contribution in [2.75, 3.05) is 0 Å². The van der Waals surface area contributed by atoms with Crippen molar-refractivity contribution in [2.45, 2.75) is 13.1 Å². The molecule has 2 aromatic rings. The van der Waals surface area contributed by atoms with Crippen molar-refractivity contribution in [1.29, 1.82) is 0 Å². The number of alkyl halides is 3. The van der Waals surface area contributed by atoms with E-state index >= 15 is 0 Å². The lowest BCUT2D eigenvalue weighted by atomic mass is 9.98. The molecular formula is C14H9Cl2F3. The monoisotopic (exact) mass is 304 g/mol. The van der Waals surface area contributed by atoms with Gasteiger partial charge in [-0.25, -0.2) is 0 Å². The highest BCUT2D eigenvalue weighted by Crippen LogP contribution is 2.35. The van der Waals surface area contributed by atoms with Gasteiger partial charge in [0.2, 0.25) is 0 Å². The molecule has 0 spiro atoms. The fourth-order valence-electron chi connectivity index (χ4n) is 1.82. The molecule has 0 bridgehead atoms. The topological polar surface area (TPSA) is 0 Å². The molecule has 2 rings (SSSR count). The van der Waals surface area contributed by atoms with E-state index in [2.05, 4.69) is 0 Å². The lowest BCUT2D eigenvalue weighted by Gasteiger charge is -2.12. The zero-order valence-electron chi connectivity index (χ0n) is 9.85. The van der Waals surface area contributed by atoms with E-state index in [1.807, 2.05) is 0 Å². The molecule has 0 heterocycles. The van der Waals surface area contributed by atoms with Gasteiger partial charge in [-0.2, -0.15) is 13.2 Å². The van der Waals surface area contributed by atoms with Gasteiger partial charge in [0.25, 0.3) is 0 Å². The Bertz CT molecular complexity index is 598. The predicted molar refractivity (Wildman–Crippen MR) is 71.6 cm³/mol. The van der Waals surface area contributed by atoms with Crippen LogP contribution in [0.1, 0.15) is 11.1 Å². The molecule has 19 heavy (non-hydrogen) atoms. The van der Waals surface area contributed by atoms with E-state index in [1.165, 1.54) is 12.1 Å². The second-order valence-electron chi connectivity index (χ2n) is 4.19. The van der Waals surface area contributed by atoms with Gasteiger partial charge in [-0.3, -0.25) is 0 Å². The summed E-state index contributed by atoms with van der Waals surface area (Å²) < 4.78 is 38.2. The van der Waals surface area contributed by atoms with E-state index < -0.39 is 11.7 Å². The van der Waals surface area contributed by atoms with Gasteiger partial charge in [-0.05, 0) is 53.9 Å². The van der Waals surface area contributed by atoms with Crippen molar-refractivity contribution in [3.05, 3.63) is 57.6 Å². The molecule has 0 unspecified atom stereocenters. The maximum absolute atomic E-state index is 12.7. The van der Waals surface area contributed by atoms with Crippen molar-refractivity contribution < 1.29 is 13.2 Å². The van der Waals surface area contributed by atoms with E-state index in [4.69, 9.17) is 23.2 Å². The Morgan fingerprint density at radius 2 is 1.47 bits per heavy atom. The third-order valence-electron chi connectivity index (χ3n) is 2.74. The van der Waals surface area contributed by atoms with Gasteiger partial charge in [-0.1, -0.05) is 29.3 Å². The summed E-state index contributed by atoms with van der Waals surface area (Å²) >= 11 is 11.8. The van der Waals surface area contributed by atoms with Crippen molar-refractivity contribution in [3.8, 4) is 11.1 Å². The molecule has 0 aliphatic heterocycles. The molecule has 0 aliphatic carbocycles. The van der Waals surface area contributed by atoms with Crippen LogP contribution in [0.15, 0.2) is 36.4 Å². The number of hydrogen-bond acceptors (Lipinski definition) is 0. The number of benzene rings is 2. The molecule has 5 heteroatoms. The summed E-state index contributed by atoms with van der Waals surface area (Å²) in [5.74, 6) is 0. The van der Waals surface area contributed by atoms with E-state index in [9.17, 15) is 13.2 Å². The van der Waals surface area contributed by atoms with Gasteiger partial charge in [-0.15, -0.1) is 0 Å². The number of rotatable bonds is 1. The Labute approximate surface area is 118 Å². The maximum Gasteiger partial charge on any atom is 0.416 e. The van der Waals surface area contributed by atoms with E-state index in [-0.39, 0.29) is 0 Å². The van der Waals surface area contributed by atoms with E-state index in [0.717, 1.165) is 17.7 Å². The zero-order chi connectivity index (χ0) is 14.2. The Hall–Kier alpha value is -1.19. The quantitative estimate of drug-likeness (QED) is 0.607. The first-order valence-corrected chi connectivity index (χ1v) is 6.17. The van der Waals surface area contributed by atoms with Crippen LogP contribution in [0.25, 0.3) is 11.1 Å². The highest BCUT2D eigenvalue weighted by atomic mass is 35.5. The molecule has 0 radical (unpaired) electrons. The molecular weight excluding hydrogens is 296 g/mol. The zero-order valence-corrected chi connectivity index (χ0v) is 11.4. The Morgan fingerprint density at radius 1 is 0.895 bits per heavy atom. The summed E-state index contributed by atoms with van der Waals surface area (Å²) in [5.41, 5.74) is 1.08. The largest absolute Gasteiger partial charge is 0.416 e. The first kappa shape index (κ1) is 14.2. The predicted octanol–water partition coefficient (Wildman–Crippen LogP) is 5.99. The van der Waals surface area contributed by atoms with Gasteiger partial charge in [0.05, 0.1) is 5.56 Å². The van der Waals surface area contributed by atoms with Crippen LogP contribution in [0.4, 0.5) is 13.2 Å². The van der Waals surface area contributed by atoms with E-state index in [1.54, 1.807) is 19.1 Å². The van der Waals surface area contributed by atoms with Gasteiger partial charge >= 0.3 is 6.18 Å². The molecule has 0 saturated carbocycles. The molecule has 100 valence electrons. The van der Waals surface area contributed by atoms with Crippen LogP contribution in [0.3, 0.4) is 0 Å². The molecule has 0 amide bonds. The average molecular weight is 305 g/mol. The van der Waals surface area contributed by atoms with Crippen LogP contribution in [0, 0.1) is 6.92 Å². The fourth-order valence-corrected chi connectivity index (χ4v) is 2.34. The van der Waals surface area contributed by atoms with Crippen LogP contribution in [-0.2, 0) is 6.18 Å². The lowest BCUT2D eigenvalue weighted by Crippen LogP contribution is -2.05. The summed E-state index contributed by atoms with van der Waals surface area (Å²) in [7, 11) is 0. The second kappa shape index (κ2) is 5.06. The van der Waals surface area contributed by atoms with Crippen LogP contribution in [0.2, 0.25) is 10.0 Å². The summed E-state index contributed by atoms with van der Waals surface area (Å²) in [6.45, 7) is 1.74. The summed E-state index contributed by atoms with van der Waals surface area (Å²) in [6.07, 6.45) is -4.37. The lowest BCUT2D eigenvalue weighted by molar-refractivity contribution is -0.137. The van der Waals surface area contributed by atoms with Crippen LogP contribution in [-0.4, -0.2) is 0 Å². The first-order valence-electron chi connectivity index (χ1n) is 5.41. The van der Waals surface area contributed by atoms with Crippen LogP contribution < -0.4 is 0 Å². The number of halogens is 5. The molecule has 0 saturated heterocycles. The minimum Gasteiger partial charge on any atom is -0.166 e. The number of hydrogen-bond donors (Lipinski definition) is 0. The first-order chi connectivity index (χ1) is 8.77. The van der Waals surface area contributed by atoms with Crippen LogP contribution >= 0.6 is 23.2 Å². The smallest absolute Gasteiger partial charge is 0.166 e. The Kier molecular flexibility index (Phi) is 3.79. The Morgan fingerprint density at radius 3 is 2.00 bits per heavy atom. The molecule has 0 nitrogen and oxygen atoms in total. The molecule has 2 aromatic carbocycles. The summed E-state index contributed by atoms with van der Waals surface area (Å²) in [4.78, 5) is 0. The number of aryl methyl sites for hydroxylation is 1. The molecule has 0 N–H and O–H groups in total. The minimum atomic E-state index is -4.37. The van der Waals surface area contributed by atoms with Crippen molar-refractivity contribution in [1.82, 2.24) is 0 Å². The SMILES string of the molecule is Cc1ccc(C(F)(F)F)cc1-c1cc(Cl)cc(Cl)c1. The minimum absolute atomic E-state index is 0.388. The van der Waals surface area contributed by atoms with Crippen LogP contribution in [0.5, 0.6) is 0 Å². The molecule has 0 aromatic heterocycles. The van der Waals surface area contributed by atoms with Gasteiger partial charge in [0, 0.05) is 10.0 Å². The third kappa shape index (κ3) is 3.23. The normalized spacial score (nSPS) is 11.7. The molecule has 0 atom stereocenters. The fraction of sp³-hybridized carbons (Fsp3) is 0.143. The van der Waals surface area contributed by atoms with Gasteiger partial charge in [0.15, 0.2) is 0 Å². The maximum atomic E-state index is 12.7. The second-order valence-corrected chi connectivity index (χ2v) is 5.06. The summed E-state index contributed by atoms with van der Waals surface area (Å²) in [6, 6.07) is 8.33. The average Bonchev–Trinajstić information content (AvgIpc) is 2.26. The highest BCUT2D eigenvalue weighted by Gasteiger charge is 2.30. The molecule has 0 fully saturated rings. The summed E-state index contributed by atoms with van der Waals surface area (Å²) in [5, 5.41) is 0.777. The highest BCUT2D eigenvalue weighted by molar-refractivity contribution is 6.35. The molecule has 0 aliphatic rings. The third-order valence-corrected chi connectivity index (χ3v) is 3.17. The Balaban J connectivity index is 2.61. The van der Waals surface area contributed by atoms with Crippen molar-refractivity contribution in [3.63, 3.8) is 0 Å². The van der Waals surface area contributed by atoms with Gasteiger partial charge < -0.3 is 0 Å².